The maximum absolute atomic E-state index is 13.6. The van der Waals surface area contributed by atoms with Crippen molar-refractivity contribution in [1.29, 1.82) is 0 Å². The molecule has 202 valence electrons. The van der Waals surface area contributed by atoms with Crippen LogP contribution in [0, 0.1) is 18.8 Å². The molecule has 1 amide bonds. The molecule has 0 bridgehead atoms. The zero-order valence-corrected chi connectivity index (χ0v) is 22.6. The summed E-state index contributed by atoms with van der Waals surface area (Å²) >= 11 is 13.0. The van der Waals surface area contributed by atoms with Crippen LogP contribution in [0.2, 0.25) is 10.0 Å². The van der Waals surface area contributed by atoms with E-state index in [1.165, 1.54) is 43.8 Å². The third-order valence-corrected chi connectivity index (χ3v) is 7.88. The van der Waals surface area contributed by atoms with Crippen molar-refractivity contribution in [2.45, 2.75) is 26.4 Å². The first-order chi connectivity index (χ1) is 17.8. The largest absolute Gasteiger partial charge is 0.469 e. The highest BCUT2D eigenvalue weighted by molar-refractivity contribution is 6.42. The lowest BCUT2D eigenvalue weighted by Crippen LogP contribution is -2.45. The molecule has 11 heteroatoms. The molecule has 1 aliphatic heterocycles. The SMILES string of the molecule is COC(=O)[C@H]1CCN(C(=O)c2ccc(Cl)c(C(=O)c3cc4c(C)cc(C(F)(F)F)cc4n3C)c2Cl)C[C@H]1C. The van der Waals surface area contributed by atoms with Crippen LogP contribution in [0.4, 0.5) is 13.2 Å². The van der Waals surface area contributed by atoms with Crippen LogP contribution < -0.4 is 0 Å². The second-order valence-corrected chi connectivity index (χ2v) is 10.4. The van der Waals surface area contributed by atoms with Gasteiger partial charge in [0.2, 0.25) is 5.78 Å². The van der Waals surface area contributed by atoms with Gasteiger partial charge in [-0.15, -0.1) is 0 Å². The van der Waals surface area contributed by atoms with Crippen molar-refractivity contribution >= 4 is 51.8 Å². The molecule has 1 saturated heterocycles. The number of rotatable bonds is 4. The number of hydrogen-bond donors (Lipinski definition) is 0. The van der Waals surface area contributed by atoms with Gasteiger partial charge in [-0.1, -0.05) is 30.1 Å². The predicted molar refractivity (Wildman–Crippen MR) is 138 cm³/mol. The summed E-state index contributed by atoms with van der Waals surface area (Å²) in [5, 5.41) is 0.339. The molecule has 4 rings (SSSR count). The third-order valence-electron chi connectivity index (χ3n) is 7.17. The van der Waals surface area contributed by atoms with Crippen LogP contribution in [0.25, 0.3) is 10.9 Å². The van der Waals surface area contributed by atoms with Gasteiger partial charge >= 0.3 is 12.1 Å². The van der Waals surface area contributed by atoms with Crippen LogP contribution in [-0.4, -0.2) is 47.3 Å². The first-order valence-electron chi connectivity index (χ1n) is 11.8. The van der Waals surface area contributed by atoms with Crippen molar-refractivity contribution in [1.82, 2.24) is 9.47 Å². The summed E-state index contributed by atoms with van der Waals surface area (Å²) in [4.78, 5) is 40.6. The Morgan fingerprint density at radius 2 is 1.79 bits per heavy atom. The fourth-order valence-electron chi connectivity index (χ4n) is 5.05. The van der Waals surface area contributed by atoms with Crippen molar-refractivity contribution in [3.8, 4) is 0 Å². The van der Waals surface area contributed by atoms with E-state index in [1.54, 1.807) is 4.90 Å². The number of nitrogens with zero attached hydrogens (tertiary/aromatic N) is 2. The Morgan fingerprint density at radius 1 is 1.11 bits per heavy atom. The molecule has 3 aromatic rings. The minimum atomic E-state index is -4.54. The van der Waals surface area contributed by atoms with Crippen LogP contribution in [0.1, 0.15) is 50.9 Å². The van der Waals surface area contributed by atoms with Crippen molar-refractivity contribution in [2.24, 2.45) is 18.9 Å². The number of alkyl halides is 3. The van der Waals surface area contributed by atoms with E-state index in [0.29, 0.717) is 30.5 Å². The lowest BCUT2D eigenvalue weighted by atomic mass is 9.86. The van der Waals surface area contributed by atoms with E-state index in [0.717, 1.165) is 12.1 Å². The zero-order chi connectivity index (χ0) is 28.1. The van der Waals surface area contributed by atoms with Crippen molar-refractivity contribution in [2.75, 3.05) is 20.2 Å². The van der Waals surface area contributed by atoms with Crippen LogP contribution >= 0.6 is 23.2 Å². The summed E-state index contributed by atoms with van der Waals surface area (Å²) in [6.07, 6.45) is -4.12. The molecule has 0 unspecified atom stereocenters. The summed E-state index contributed by atoms with van der Waals surface area (Å²) in [6.45, 7) is 3.99. The van der Waals surface area contributed by atoms with Crippen molar-refractivity contribution in [3.05, 3.63) is 68.3 Å². The number of likely N-dealkylation sites (tertiary alicyclic amines) is 1. The summed E-state index contributed by atoms with van der Waals surface area (Å²) in [5.74, 6) is -1.84. The van der Waals surface area contributed by atoms with Gasteiger partial charge in [0.15, 0.2) is 0 Å². The number of benzene rings is 2. The fourth-order valence-corrected chi connectivity index (χ4v) is 5.67. The number of carbonyl (C=O) groups is 3. The van der Waals surface area contributed by atoms with Gasteiger partial charge in [0.05, 0.1) is 45.5 Å². The van der Waals surface area contributed by atoms with Crippen LogP contribution in [0.15, 0.2) is 30.3 Å². The third kappa shape index (κ3) is 4.89. The molecule has 38 heavy (non-hydrogen) atoms. The maximum atomic E-state index is 13.6. The monoisotopic (exact) mass is 568 g/mol. The van der Waals surface area contributed by atoms with Gasteiger partial charge in [-0.2, -0.15) is 13.2 Å². The van der Waals surface area contributed by atoms with E-state index in [4.69, 9.17) is 27.9 Å². The lowest BCUT2D eigenvalue weighted by molar-refractivity contribution is -0.149. The molecule has 2 aromatic carbocycles. The van der Waals surface area contributed by atoms with E-state index >= 15 is 0 Å². The number of amides is 1. The highest BCUT2D eigenvalue weighted by Crippen LogP contribution is 2.37. The van der Waals surface area contributed by atoms with Gasteiger partial charge in [-0.3, -0.25) is 14.4 Å². The smallest absolute Gasteiger partial charge is 0.416 e. The molecule has 6 nitrogen and oxygen atoms in total. The molecule has 0 saturated carbocycles. The average Bonchev–Trinajstić information content (AvgIpc) is 3.19. The van der Waals surface area contributed by atoms with Gasteiger partial charge in [-0.25, -0.2) is 0 Å². The summed E-state index contributed by atoms with van der Waals surface area (Å²) in [6, 6.07) is 6.34. The predicted octanol–water partition coefficient (Wildman–Crippen LogP) is 6.31. The van der Waals surface area contributed by atoms with E-state index in [1.807, 2.05) is 6.92 Å². The highest BCUT2D eigenvalue weighted by atomic mass is 35.5. The normalized spacial score (nSPS) is 18.1. The number of ether oxygens (including phenoxy) is 1. The number of aromatic nitrogens is 1. The Morgan fingerprint density at radius 3 is 2.39 bits per heavy atom. The molecule has 0 aliphatic carbocycles. The molecular formula is C27H25Cl2F3N2O4. The Bertz CT molecular complexity index is 1460. The number of ketones is 1. The number of fused-ring (bicyclic) bond motifs is 1. The number of hydrogen-bond acceptors (Lipinski definition) is 4. The van der Waals surface area contributed by atoms with Gasteiger partial charge in [0, 0.05) is 31.0 Å². The summed E-state index contributed by atoms with van der Waals surface area (Å²) < 4.78 is 46.3. The quantitative estimate of drug-likeness (QED) is 0.273. The molecular weight excluding hydrogens is 544 g/mol. The van der Waals surface area contributed by atoms with Crippen molar-refractivity contribution < 1.29 is 32.3 Å². The molecule has 1 fully saturated rings. The molecule has 0 radical (unpaired) electrons. The molecule has 2 heterocycles. The number of aryl methyl sites for hydroxylation is 2. The Kier molecular flexibility index (Phi) is 7.56. The number of halogens is 5. The first-order valence-corrected chi connectivity index (χ1v) is 12.6. The Labute approximate surface area is 227 Å². The van der Waals surface area contributed by atoms with Crippen LogP contribution in [0.3, 0.4) is 0 Å². The molecule has 1 aliphatic rings. The molecule has 2 atom stereocenters. The van der Waals surface area contributed by atoms with Crippen molar-refractivity contribution in [3.63, 3.8) is 0 Å². The zero-order valence-electron chi connectivity index (χ0n) is 21.1. The highest BCUT2D eigenvalue weighted by Gasteiger charge is 2.36. The van der Waals surface area contributed by atoms with E-state index < -0.39 is 23.4 Å². The Balaban J connectivity index is 1.71. The fraction of sp³-hybridized carbons (Fsp3) is 0.370. The number of carbonyl (C=O) groups excluding carboxylic acids is 3. The summed E-state index contributed by atoms with van der Waals surface area (Å²) in [5.41, 5.74) is -0.216. The first kappa shape index (κ1) is 28.0. The van der Waals surface area contributed by atoms with Gasteiger partial charge in [-0.05, 0) is 55.2 Å². The number of piperidine rings is 1. The summed E-state index contributed by atoms with van der Waals surface area (Å²) in [7, 11) is 2.81. The van der Waals surface area contributed by atoms with Crippen LogP contribution in [0.5, 0.6) is 0 Å². The second-order valence-electron chi connectivity index (χ2n) is 9.57. The standard InChI is InChI=1S/C27H25Cl2F3N2O4/c1-13-9-15(27(30,31)32)10-20-18(13)11-21(33(20)3)24(35)22-19(28)6-5-17(23(22)29)25(36)34-8-7-16(14(2)12-34)26(37)38-4/h5-6,9-11,14,16H,7-8,12H2,1-4H3/t14-,16+/m1/s1. The second kappa shape index (κ2) is 10.3. The van der Waals surface area contributed by atoms with E-state index in [2.05, 4.69) is 0 Å². The van der Waals surface area contributed by atoms with E-state index in [9.17, 15) is 27.6 Å². The minimum Gasteiger partial charge on any atom is -0.469 e. The Hall–Kier alpha value is -3.04. The number of methoxy groups -OCH3 is 1. The van der Waals surface area contributed by atoms with Gasteiger partial charge in [0.1, 0.15) is 0 Å². The molecule has 0 N–H and O–H groups in total. The minimum absolute atomic E-state index is 0.00674. The number of esters is 1. The topological polar surface area (TPSA) is 68.6 Å². The van der Waals surface area contributed by atoms with Crippen LogP contribution in [-0.2, 0) is 22.8 Å². The average molecular weight is 569 g/mol. The van der Waals surface area contributed by atoms with Gasteiger partial charge < -0.3 is 14.2 Å². The maximum Gasteiger partial charge on any atom is 0.416 e. The lowest BCUT2D eigenvalue weighted by Gasteiger charge is -2.35. The van der Waals surface area contributed by atoms with E-state index in [-0.39, 0.29) is 50.2 Å². The molecule has 1 aromatic heterocycles. The van der Waals surface area contributed by atoms with Gasteiger partial charge in [0.25, 0.3) is 5.91 Å². The molecule has 0 spiro atoms.